The highest BCUT2D eigenvalue weighted by Gasteiger charge is 2.21. The van der Waals surface area contributed by atoms with Crippen LogP contribution in [0, 0.1) is 5.82 Å². The molecule has 0 fully saturated rings. The Bertz CT molecular complexity index is 1120. The third-order valence-electron chi connectivity index (χ3n) is 3.81. The second-order valence-electron chi connectivity index (χ2n) is 5.27. The standard InChI is InChI=1S/C16H11FN6O/c17-7-4-8(9-6-21-23-11(9)5-7)12-13(18)15(16(19)24)22-10-2-1-3-20-14(10)12/h1-6H,18H2,(H2,19,24)(H,21,23). The fraction of sp³-hybridized carbons (Fsp3) is 0. The van der Waals surface area contributed by atoms with E-state index in [0.29, 0.717) is 33.1 Å². The highest BCUT2D eigenvalue weighted by molar-refractivity contribution is 6.11. The maximum atomic E-state index is 14.0. The van der Waals surface area contributed by atoms with Gasteiger partial charge in [-0.25, -0.2) is 9.37 Å². The molecule has 1 amide bonds. The van der Waals surface area contributed by atoms with Crippen LogP contribution in [0.5, 0.6) is 0 Å². The van der Waals surface area contributed by atoms with Gasteiger partial charge in [0.15, 0.2) is 5.69 Å². The Labute approximate surface area is 134 Å². The first-order chi connectivity index (χ1) is 11.6. The van der Waals surface area contributed by atoms with Gasteiger partial charge in [-0.1, -0.05) is 0 Å². The van der Waals surface area contributed by atoms with E-state index in [4.69, 9.17) is 11.5 Å². The Balaban J connectivity index is 2.21. The number of hydrogen-bond acceptors (Lipinski definition) is 5. The van der Waals surface area contributed by atoms with Crippen LogP contribution in [0.3, 0.4) is 0 Å². The molecule has 0 radical (unpaired) electrons. The minimum Gasteiger partial charge on any atom is -0.396 e. The zero-order chi connectivity index (χ0) is 16.8. The van der Waals surface area contributed by atoms with Crippen LogP contribution in [0.4, 0.5) is 10.1 Å². The van der Waals surface area contributed by atoms with Crippen molar-refractivity contribution in [2.75, 3.05) is 5.73 Å². The molecular weight excluding hydrogens is 311 g/mol. The second-order valence-corrected chi connectivity index (χ2v) is 5.27. The number of H-pyrrole nitrogens is 1. The van der Waals surface area contributed by atoms with Crippen LogP contribution < -0.4 is 11.5 Å². The van der Waals surface area contributed by atoms with Crippen molar-refractivity contribution in [2.24, 2.45) is 5.73 Å². The zero-order valence-corrected chi connectivity index (χ0v) is 12.2. The normalized spacial score (nSPS) is 11.2. The van der Waals surface area contributed by atoms with Crippen LogP contribution in [-0.4, -0.2) is 26.1 Å². The molecule has 4 aromatic rings. The fourth-order valence-electron chi connectivity index (χ4n) is 2.79. The molecule has 0 spiro atoms. The van der Waals surface area contributed by atoms with E-state index >= 15 is 0 Å². The Kier molecular flexibility index (Phi) is 2.92. The smallest absolute Gasteiger partial charge is 0.269 e. The largest absolute Gasteiger partial charge is 0.396 e. The van der Waals surface area contributed by atoms with Gasteiger partial charge in [-0.15, -0.1) is 0 Å². The number of nitrogen functional groups attached to an aromatic ring is 1. The number of nitrogens with zero attached hydrogens (tertiary/aromatic N) is 3. The number of anilines is 1. The maximum Gasteiger partial charge on any atom is 0.269 e. The molecule has 0 saturated heterocycles. The van der Waals surface area contributed by atoms with Gasteiger partial charge in [0.2, 0.25) is 0 Å². The first-order valence-corrected chi connectivity index (χ1v) is 7.03. The minimum absolute atomic E-state index is 0.0572. The van der Waals surface area contributed by atoms with Gasteiger partial charge in [0.05, 0.1) is 28.4 Å². The lowest BCUT2D eigenvalue weighted by Crippen LogP contribution is -2.16. The predicted octanol–water partition coefficient (Wildman–Crippen LogP) is 1.99. The van der Waals surface area contributed by atoms with Gasteiger partial charge in [-0.05, 0) is 29.8 Å². The second kappa shape index (κ2) is 4.98. The maximum absolute atomic E-state index is 14.0. The molecular formula is C16H11FN6O. The molecule has 0 aliphatic heterocycles. The molecule has 0 aliphatic rings. The highest BCUT2D eigenvalue weighted by atomic mass is 19.1. The Morgan fingerprint density at radius 3 is 2.92 bits per heavy atom. The van der Waals surface area contributed by atoms with Crippen molar-refractivity contribution >= 4 is 33.5 Å². The third kappa shape index (κ3) is 1.97. The lowest BCUT2D eigenvalue weighted by Gasteiger charge is -2.13. The first-order valence-electron chi connectivity index (χ1n) is 7.03. The number of carbonyl (C=O) groups excluding carboxylic acids is 1. The number of rotatable bonds is 2. The molecule has 4 rings (SSSR count). The molecule has 24 heavy (non-hydrogen) atoms. The van der Waals surface area contributed by atoms with E-state index in [-0.39, 0.29) is 11.4 Å². The molecule has 118 valence electrons. The molecule has 8 heteroatoms. The SMILES string of the molecule is NC(=O)c1nc2cccnc2c(-c2cc(F)cc3[nH]ncc23)c1N. The Morgan fingerprint density at radius 1 is 1.29 bits per heavy atom. The van der Waals surface area contributed by atoms with Gasteiger partial charge in [0, 0.05) is 17.1 Å². The van der Waals surface area contributed by atoms with E-state index in [0.717, 1.165) is 0 Å². The predicted molar refractivity (Wildman–Crippen MR) is 87.5 cm³/mol. The summed E-state index contributed by atoms with van der Waals surface area (Å²) >= 11 is 0. The average Bonchev–Trinajstić information content (AvgIpc) is 3.01. The summed E-state index contributed by atoms with van der Waals surface area (Å²) in [6.07, 6.45) is 3.13. The molecule has 3 aromatic heterocycles. The topological polar surface area (TPSA) is 124 Å². The van der Waals surface area contributed by atoms with E-state index in [1.165, 1.54) is 12.1 Å². The number of hydrogen-bond donors (Lipinski definition) is 3. The van der Waals surface area contributed by atoms with Crippen molar-refractivity contribution in [1.29, 1.82) is 0 Å². The number of carbonyl (C=O) groups is 1. The van der Waals surface area contributed by atoms with Crippen LogP contribution in [-0.2, 0) is 0 Å². The van der Waals surface area contributed by atoms with Crippen LogP contribution >= 0.6 is 0 Å². The highest BCUT2D eigenvalue weighted by Crippen LogP contribution is 2.37. The number of aromatic nitrogens is 4. The molecule has 0 saturated carbocycles. The summed E-state index contributed by atoms with van der Waals surface area (Å²) < 4.78 is 14.0. The summed E-state index contributed by atoms with van der Waals surface area (Å²) in [5.41, 5.74) is 13.8. The monoisotopic (exact) mass is 322 g/mol. The van der Waals surface area contributed by atoms with Gasteiger partial charge in [0.1, 0.15) is 5.82 Å². The summed E-state index contributed by atoms with van der Waals surface area (Å²) in [6.45, 7) is 0. The zero-order valence-electron chi connectivity index (χ0n) is 12.2. The summed E-state index contributed by atoms with van der Waals surface area (Å²) in [4.78, 5) is 20.2. The van der Waals surface area contributed by atoms with E-state index < -0.39 is 11.7 Å². The molecule has 0 unspecified atom stereocenters. The number of nitrogens with two attached hydrogens (primary N) is 2. The van der Waals surface area contributed by atoms with E-state index in [2.05, 4.69) is 20.2 Å². The lowest BCUT2D eigenvalue weighted by molar-refractivity contribution is 0.0997. The van der Waals surface area contributed by atoms with E-state index in [9.17, 15) is 9.18 Å². The molecule has 3 heterocycles. The number of amides is 1. The number of nitrogens with one attached hydrogen (secondary N) is 1. The first kappa shape index (κ1) is 14.1. The van der Waals surface area contributed by atoms with Crippen LogP contribution in [0.2, 0.25) is 0 Å². The summed E-state index contributed by atoms with van der Waals surface area (Å²) in [7, 11) is 0. The molecule has 5 N–H and O–H groups in total. The van der Waals surface area contributed by atoms with Crippen molar-refractivity contribution in [3.63, 3.8) is 0 Å². The third-order valence-corrected chi connectivity index (χ3v) is 3.81. The van der Waals surface area contributed by atoms with Gasteiger partial charge in [0.25, 0.3) is 5.91 Å². The van der Waals surface area contributed by atoms with Crippen LogP contribution in [0.15, 0.2) is 36.7 Å². The molecule has 7 nitrogen and oxygen atoms in total. The number of fused-ring (bicyclic) bond motifs is 2. The molecule has 0 aliphatic carbocycles. The molecule has 0 atom stereocenters. The van der Waals surface area contributed by atoms with Crippen molar-refractivity contribution < 1.29 is 9.18 Å². The van der Waals surface area contributed by atoms with Gasteiger partial charge >= 0.3 is 0 Å². The van der Waals surface area contributed by atoms with Crippen molar-refractivity contribution in [2.45, 2.75) is 0 Å². The average molecular weight is 322 g/mol. The van der Waals surface area contributed by atoms with E-state index in [1.54, 1.807) is 24.5 Å². The fourth-order valence-corrected chi connectivity index (χ4v) is 2.79. The minimum atomic E-state index is -0.764. The lowest BCUT2D eigenvalue weighted by atomic mass is 9.97. The van der Waals surface area contributed by atoms with E-state index in [1.807, 2.05) is 0 Å². The van der Waals surface area contributed by atoms with Gasteiger partial charge in [-0.3, -0.25) is 14.9 Å². The molecule has 1 aromatic carbocycles. The molecule has 0 bridgehead atoms. The Morgan fingerprint density at radius 2 is 2.12 bits per heavy atom. The Hall–Kier alpha value is -3.55. The van der Waals surface area contributed by atoms with Crippen molar-refractivity contribution in [1.82, 2.24) is 20.2 Å². The number of aromatic amines is 1. The number of benzene rings is 1. The number of pyridine rings is 2. The summed E-state index contributed by atoms with van der Waals surface area (Å²) in [5.74, 6) is -1.23. The van der Waals surface area contributed by atoms with Gasteiger partial charge < -0.3 is 11.5 Å². The van der Waals surface area contributed by atoms with Crippen molar-refractivity contribution in [3.05, 3.63) is 48.2 Å². The van der Waals surface area contributed by atoms with Crippen LogP contribution in [0.25, 0.3) is 33.1 Å². The van der Waals surface area contributed by atoms with Crippen molar-refractivity contribution in [3.8, 4) is 11.1 Å². The number of halogens is 1. The quantitative estimate of drug-likeness (QED) is 0.520. The van der Waals surface area contributed by atoms with Crippen LogP contribution in [0.1, 0.15) is 10.5 Å². The number of primary amides is 1. The summed E-state index contributed by atoms with van der Waals surface area (Å²) in [5, 5.41) is 7.30. The van der Waals surface area contributed by atoms with Gasteiger partial charge in [-0.2, -0.15) is 5.10 Å². The summed E-state index contributed by atoms with van der Waals surface area (Å²) in [6, 6.07) is 6.01.